The molecule has 0 saturated carbocycles. The molecule has 0 amide bonds. The summed E-state index contributed by atoms with van der Waals surface area (Å²) >= 11 is 0. The molecular formula is C26H11F9O. The fourth-order valence-electron chi connectivity index (χ4n) is 2.86. The highest BCUT2D eigenvalue weighted by Gasteiger charge is 2.37. The van der Waals surface area contributed by atoms with Gasteiger partial charge in [-0.1, -0.05) is 36.3 Å². The number of alkyl halides is 3. The van der Waals surface area contributed by atoms with E-state index in [-0.39, 0.29) is 30.1 Å². The fraction of sp³-hybridized carbons (Fsp3) is 0.0769. The topological polar surface area (TPSA) is 9.23 Å². The van der Waals surface area contributed by atoms with E-state index in [1.165, 1.54) is 6.08 Å². The summed E-state index contributed by atoms with van der Waals surface area (Å²) in [7, 11) is 0. The molecule has 3 aromatic carbocycles. The lowest BCUT2D eigenvalue weighted by Gasteiger charge is -2.09. The Morgan fingerprint density at radius 3 is 1.42 bits per heavy atom. The van der Waals surface area contributed by atoms with Crippen molar-refractivity contribution < 1.29 is 44.3 Å². The van der Waals surface area contributed by atoms with Gasteiger partial charge < -0.3 is 4.74 Å². The van der Waals surface area contributed by atoms with Gasteiger partial charge in [0.25, 0.3) is 0 Å². The minimum absolute atomic E-state index is 0.000445. The molecule has 0 fully saturated rings. The van der Waals surface area contributed by atoms with Crippen LogP contribution in [0.3, 0.4) is 0 Å². The van der Waals surface area contributed by atoms with E-state index >= 15 is 0 Å². The van der Waals surface area contributed by atoms with Gasteiger partial charge >= 0.3 is 6.18 Å². The van der Waals surface area contributed by atoms with Crippen molar-refractivity contribution in [3.8, 4) is 29.4 Å². The molecule has 0 bridgehead atoms. The molecule has 0 unspecified atom stereocenters. The maximum atomic E-state index is 14.4. The number of hydrogen-bond acceptors (Lipinski definition) is 1. The van der Waals surface area contributed by atoms with Crippen molar-refractivity contribution in [3.63, 3.8) is 0 Å². The first-order chi connectivity index (χ1) is 16.9. The number of ether oxygens (including phenoxy) is 1. The molecule has 3 aromatic rings. The van der Waals surface area contributed by atoms with Crippen molar-refractivity contribution in [2.45, 2.75) is 6.18 Å². The van der Waals surface area contributed by atoms with Gasteiger partial charge in [0.15, 0.2) is 0 Å². The monoisotopic (exact) mass is 510 g/mol. The summed E-state index contributed by atoms with van der Waals surface area (Å²) < 4.78 is 127. The second-order valence-corrected chi connectivity index (χ2v) is 6.99. The van der Waals surface area contributed by atoms with E-state index in [0.29, 0.717) is 12.1 Å². The first kappa shape index (κ1) is 26.3. The second-order valence-electron chi connectivity index (χ2n) is 6.99. The van der Waals surface area contributed by atoms with E-state index in [1.54, 1.807) is 0 Å². The first-order valence-electron chi connectivity index (χ1n) is 9.72. The Kier molecular flexibility index (Phi) is 7.69. The zero-order chi connectivity index (χ0) is 26.6. The molecule has 0 aliphatic rings. The van der Waals surface area contributed by atoms with Crippen LogP contribution in [0.1, 0.15) is 27.8 Å². The molecule has 0 heterocycles. The lowest BCUT2D eigenvalue weighted by atomic mass is 10.1. The summed E-state index contributed by atoms with van der Waals surface area (Å²) in [6, 6.07) is 3.64. The van der Waals surface area contributed by atoms with Gasteiger partial charge in [0.1, 0.15) is 52.8 Å². The van der Waals surface area contributed by atoms with Gasteiger partial charge in [-0.05, 0) is 24.3 Å². The van der Waals surface area contributed by atoms with E-state index in [1.807, 2.05) is 11.8 Å². The molecule has 10 heteroatoms. The average molecular weight is 510 g/mol. The van der Waals surface area contributed by atoms with Crippen molar-refractivity contribution in [2.75, 3.05) is 6.61 Å². The lowest BCUT2D eigenvalue weighted by molar-refractivity contribution is -0.142. The summed E-state index contributed by atoms with van der Waals surface area (Å²) in [6.45, 7) is 3.40. The van der Waals surface area contributed by atoms with Crippen LogP contribution >= 0.6 is 0 Å². The van der Waals surface area contributed by atoms with Crippen LogP contribution in [0.5, 0.6) is 5.75 Å². The fourth-order valence-corrected chi connectivity index (χ4v) is 2.86. The number of hydrogen-bond donors (Lipinski definition) is 0. The molecule has 184 valence electrons. The van der Waals surface area contributed by atoms with Crippen LogP contribution in [0.25, 0.3) is 0 Å². The molecule has 36 heavy (non-hydrogen) atoms. The molecule has 0 saturated heterocycles. The minimum Gasteiger partial charge on any atom is -0.489 e. The maximum Gasteiger partial charge on any atom is 0.422 e. The largest absolute Gasteiger partial charge is 0.489 e. The van der Waals surface area contributed by atoms with E-state index < -0.39 is 63.3 Å². The normalized spacial score (nSPS) is 10.7. The van der Waals surface area contributed by atoms with Crippen LogP contribution in [-0.4, -0.2) is 6.61 Å². The summed E-state index contributed by atoms with van der Waals surface area (Å²) in [4.78, 5) is 0. The second kappa shape index (κ2) is 10.5. The van der Waals surface area contributed by atoms with Crippen molar-refractivity contribution in [2.24, 2.45) is 0 Å². The highest BCUT2D eigenvalue weighted by molar-refractivity contribution is 5.50. The third-order valence-corrected chi connectivity index (χ3v) is 4.41. The highest BCUT2D eigenvalue weighted by atomic mass is 19.4. The third-order valence-electron chi connectivity index (χ3n) is 4.41. The average Bonchev–Trinajstić information content (AvgIpc) is 2.75. The molecular weight excluding hydrogens is 499 g/mol. The number of benzene rings is 3. The van der Waals surface area contributed by atoms with Crippen LogP contribution in [0.15, 0.2) is 49.1 Å². The van der Waals surface area contributed by atoms with Gasteiger partial charge in [0, 0.05) is 23.3 Å². The van der Waals surface area contributed by atoms with Gasteiger partial charge in [-0.25, -0.2) is 26.3 Å². The summed E-state index contributed by atoms with van der Waals surface area (Å²) in [5.74, 6) is -0.489. The smallest absolute Gasteiger partial charge is 0.422 e. The standard InChI is InChI=1S/C26H11F9O/c1-2-7-36-16-12-21(29)18(22(30)13-16)6-3-14-8-19(27)17(20(28)9-14)5-4-15-10-23(31)25(24(32)11-15)26(33,34)35/h2,8-13H,1,7H2. The van der Waals surface area contributed by atoms with Gasteiger partial charge in [0.05, 0.1) is 11.1 Å². The molecule has 0 spiro atoms. The number of halogens is 9. The van der Waals surface area contributed by atoms with Crippen molar-refractivity contribution in [1.82, 2.24) is 0 Å². The Morgan fingerprint density at radius 1 is 0.639 bits per heavy atom. The molecule has 0 radical (unpaired) electrons. The van der Waals surface area contributed by atoms with Gasteiger partial charge in [-0.15, -0.1) is 0 Å². The van der Waals surface area contributed by atoms with Crippen LogP contribution in [0, 0.1) is 58.6 Å². The van der Waals surface area contributed by atoms with E-state index in [2.05, 4.69) is 18.4 Å². The van der Waals surface area contributed by atoms with E-state index in [0.717, 1.165) is 12.1 Å². The molecule has 3 rings (SSSR count). The van der Waals surface area contributed by atoms with Crippen molar-refractivity contribution in [1.29, 1.82) is 0 Å². The summed E-state index contributed by atoms with van der Waals surface area (Å²) in [5.41, 5.74) is -4.61. The minimum atomic E-state index is -5.29. The third kappa shape index (κ3) is 6.02. The Bertz CT molecular complexity index is 1400. The predicted octanol–water partition coefficient (Wildman–Crippen LogP) is 6.90. The van der Waals surface area contributed by atoms with Crippen LogP contribution < -0.4 is 4.74 Å². The summed E-state index contributed by atoms with van der Waals surface area (Å²) in [5, 5.41) is 0. The zero-order valence-electron chi connectivity index (χ0n) is 17.8. The van der Waals surface area contributed by atoms with E-state index in [4.69, 9.17) is 4.74 Å². The summed E-state index contributed by atoms with van der Waals surface area (Å²) in [6.07, 6.45) is -3.93. The molecule has 0 aliphatic carbocycles. The Hall–Kier alpha value is -4.31. The Balaban J connectivity index is 1.91. The van der Waals surface area contributed by atoms with E-state index in [9.17, 15) is 39.5 Å². The lowest BCUT2D eigenvalue weighted by Crippen LogP contribution is -2.11. The zero-order valence-corrected chi connectivity index (χ0v) is 17.8. The first-order valence-corrected chi connectivity index (χ1v) is 9.72. The molecule has 0 N–H and O–H groups in total. The molecule has 1 nitrogen and oxygen atoms in total. The van der Waals surface area contributed by atoms with Gasteiger partial charge in [-0.3, -0.25) is 0 Å². The molecule has 0 atom stereocenters. The quantitative estimate of drug-likeness (QED) is 0.212. The maximum absolute atomic E-state index is 14.4. The van der Waals surface area contributed by atoms with Gasteiger partial charge in [0.2, 0.25) is 0 Å². The van der Waals surface area contributed by atoms with Gasteiger partial charge in [-0.2, -0.15) is 13.2 Å². The SMILES string of the molecule is C=CCOc1cc(F)c(C#Cc2cc(F)c(C#Cc3cc(F)c(C(F)(F)F)c(F)c3)c(F)c2)c(F)c1. The molecule has 0 aliphatic heterocycles. The highest BCUT2D eigenvalue weighted by Crippen LogP contribution is 2.34. The van der Waals surface area contributed by atoms with Crippen molar-refractivity contribution in [3.05, 3.63) is 112 Å². The Labute approximate surface area is 198 Å². The van der Waals surface area contributed by atoms with Crippen LogP contribution in [-0.2, 0) is 6.18 Å². The van der Waals surface area contributed by atoms with Crippen molar-refractivity contribution >= 4 is 0 Å². The van der Waals surface area contributed by atoms with Crippen LogP contribution in [0.4, 0.5) is 39.5 Å². The van der Waals surface area contributed by atoms with Crippen LogP contribution in [0.2, 0.25) is 0 Å². The number of rotatable bonds is 3. The molecule has 0 aromatic heterocycles. The predicted molar refractivity (Wildman–Crippen MR) is 112 cm³/mol. The Morgan fingerprint density at radius 2 is 1.03 bits per heavy atom.